The van der Waals surface area contributed by atoms with Gasteiger partial charge in [0.2, 0.25) is 5.95 Å². The van der Waals surface area contributed by atoms with Crippen LogP contribution in [0.5, 0.6) is 5.75 Å². The third-order valence-electron chi connectivity index (χ3n) is 4.85. The number of nitrogens with zero attached hydrogens (tertiary/aromatic N) is 3. The van der Waals surface area contributed by atoms with E-state index in [4.69, 9.17) is 0 Å². The lowest BCUT2D eigenvalue weighted by molar-refractivity contribution is -0.274. The first-order valence-corrected chi connectivity index (χ1v) is 10.9. The Balaban J connectivity index is 0.00000342. The van der Waals surface area contributed by atoms with Crippen LogP contribution in [-0.4, -0.2) is 27.4 Å². The first kappa shape index (κ1) is 26.0. The summed E-state index contributed by atoms with van der Waals surface area (Å²) in [6.45, 7) is 0.704. The molecule has 0 atom stereocenters. The molecule has 6 nitrogen and oxygen atoms in total. The van der Waals surface area contributed by atoms with Crippen molar-refractivity contribution in [2.24, 2.45) is 0 Å². The topological polar surface area (TPSA) is 75.5 Å². The SMILES string of the molecule is Cl.O=C(O)c1ccccc1CN(Cc1cccs1)c1nccc(-c2ccc(OC(F)(F)F)cc2)n1. The number of carbonyl (C=O) groups is 1. The van der Waals surface area contributed by atoms with E-state index in [9.17, 15) is 23.1 Å². The molecule has 35 heavy (non-hydrogen) atoms. The quantitative estimate of drug-likeness (QED) is 0.288. The number of hydrogen-bond acceptors (Lipinski definition) is 6. The summed E-state index contributed by atoms with van der Waals surface area (Å²) in [4.78, 5) is 23.6. The zero-order valence-corrected chi connectivity index (χ0v) is 19.6. The maximum Gasteiger partial charge on any atom is 0.573 e. The maximum absolute atomic E-state index is 12.4. The Morgan fingerprint density at radius 1 is 1.00 bits per heavy atom. The highest BCUT2D eigenvalue weighted by atomic mass is 35.5. The van der Waals surface area contributed by atoms with Gasteiger partial charge in [-0.1, -0.05) is 24.3 Å². The molecule has 0 amide bonds. The first-order valence-electron chi connectivity index (χ1n) is 10.1. The summed E-state index contributed by atoms with van der Waals surface area (Å²) < 4.78 is 41.2. The highest BCUT2D eigenvalue weighted by Gasteiger charge is 2.31. The number of benzene rings is 2. The highest BCUT2D eigenvalue weighted by Crippen LogP contribution is 2.27. The summed E-state index contributed by atoms with van der Waals surface area (Å²) in [5.74, 6) is -0.987. The van der Waals surface area contributed by atoms with Crippen molar-refractivity contribution in [3.05, 3.63) is 94.3 Å². The number of ether oxygens (including phenoxy) is 1. The molecule has 0 radical (unpaired) electrons. The number of thiophene rings is 1. The summed E-state index contributed by atoms with van der Waals surface area (Å²) >= 11 is 1.55. The van der Waals surface area contributed by atoms with Gasteiger partial charge in [-0.05, 0) is 53.4 Å². The second-order valence-corrected chi connectivity index (χ2v) is 8.24. The third-order valence-corrected chi connectivity index (χ3v) is 5.71. The lowest BCUT2D eigenvalue weighted by Gasteiger charge is -2.23. The molecular weight excluding hydrogens is 503 g/mol. The average molecular weight is 522 g/mol. The number of halogens is 4. The van der Waals surface area contributed by atoms with Gasteiger partial charge in [-0.15, -0.1) is 36.9 Å². The van der Waals surface area contributed by atoms with Crippen LogP contribution in [0.2, 0.25) is 0 Å². The van der Waals surface area contributed by atoms with Crippen molar-refractivity contribution in [3.8, 4) is 17.0 Å². The summed E-state index contributed by atoms with van der Waals surface area (Å²) in [6, 6.07) is 17.7. The molecule has 182 valence electrons. The van der Waals surface area contributed by atoms with Gasteiger partial charge in [0.25, 0.3) is 0 Å². The van der Waals surface area contributed by atoms with Crippen molar-refractivity contribution in [1.29, 1.82) is 0 Å². The number of alkyl halides is 3. The molecule has 4 rings (SSSR count). The van der Waals surface area contributed by atoms with Gasteiger partial charge < -0.3 is 14.7 Å². The number of rotatable bonds is 8. The monoisotopic (exact) mass is 521 g/mol. The molecule has 0 aliphatic carbocycles. The zero-order valence-electron chi connectivity index (χ0n) is 18.0. The van der Waals surface area contributed by atoms with Gasteiger partial charge in [0.05, 0.1) is 17.8 Å². The molecule has 11 heteroatoms. The number of aromatic nitrogens is 2. The predicted molar refractivity (Wildman–Crippen MR) is 129 cm³/mol. The van der Waals surface area contributed by atoms with Gasteiger partial charge in [0, 0.05) is 23.2 Å². The number of carboxylic acids is 1. The molecule has 0 unspecified atom stereocenters. The fourth-order valence-electron chi connectivity index (χ4n) is 3.35. The van der Waals surface area contributed by atoms with Crippen LogP contribution in [0.1, 0.15) is 20.8 Å². The number of anilines is 1. The van der Waals surface area contributed by atoms with Crippen LogP contribution in [0.15, 0.2) is 78.3 Å². The lowest BCUT2D eigenvalue weighted by Crippen LogP contribution is -2.25. The Morgan fingerprint density at radius 2 is 1.74 bits per heavy atom. The second kappa shape index (κ2) is 11.2. The van der Waals surface area contributed by atoms with Gasteiger partial charge in [-0.3, -0.25) is 0 Å². The van der Waals surface area contributed by atoms with Crippen molar-refractivity contribution in [2.45, 2.75) is 19.5 Å². The van der Waals surface area contributed by atoms with Crippen LogP contribution >= 0.6 is 23.7 Å². The molecule has 0 bridgehead atoms. The molecule has 0 aliphatic heterocycles. The third kappa shape index (κ3) is 6.93. The van der Waals surface area contributed by atoms with E-state index < -0.39 is 12.3 Å². The molecule has 4 aromatic rings. The first-order chi connectivity index (χ1) is 16.3. The van der Waals surface area contributed by atoms with E-state index in [-0.39, 0.29) is 30.3 Å². The van der Waals surface area contributed by atoms with E-state index in [1.165, 1.54) is 24.3 Å². The molecule has 0 fully saturated rings. The van der Waals surface area contributed by atoms with Gasteiger partial charge in [0.1, 0.15) is 5.75 Å². The van der Waals surface area contributed by atoms with E-state index >= 15 is 0 Å². The Bertz CT molecular complexity index is 1270. The van der Waals surface area contributed by atoms with Crippen LogP contribution in [0.4, 0.5) is 19.1 Å². The molecule has 2 aromatic carbocycles. The lowest BCUT2D eigenvalue weighted by atomic mass is 10.1. The number of hydrogen-bond donors (Lipinski definition) is 1. The van der Waals surface area contributed by atoms with E-state index in [0.717, 1.165) is 4.88 Å². The fourth-order valence-corrected chi connectivity index (χ4v) is 4.07. The standard InChI is InChI=1S/C24H18F3N3O3S.ClH/c25-24(26,27)33-18-9-7-16(8-10-18)21-11-12-28-23(29-21)30(15-19-5-3-13-34-19)14-17-4-1-2-6-20(17)22(31)32;/h1-13H,14-15H2,(H,31,32);1H. The van der Waals surface area contributed by atoms with Gasteiger partial charge in [-0.2, -0.15) is 0 Å². The summed E-state index contributed by atoms with van der Waals surface area (Å²) in [5, 5.41) is 11.5. The maximum atomic E-state index is 12.4. The van der Waals surface area contributed by atoms with E-state index in [2.05, 4.69) is 14.7 Å². The van der Waals surface area contributed by atoms with Crippen LogP contribution in [0.25, 0.3) is 11.3 Å². The van der Waals surface area contributed by atoms with E-state index in [1.807, 2.05) is 22.4 Å². The normalized spacial score (nSPS) is 10.9. The molecule has 0 saturated heterocycles. The minimum absolute atomic E-state index is 0. The van der Waals surface area contributed by atoms with Crippen molar-refractivity contribution >= 4 is 35.7 Å². The van der Waals surface area contributed by atoms with Gasteiger partial charge in [-0.25, -0.2) is 14.8 Å². The summed E-state index contributed by atoms with van der Waals surface area (Å²) in [5.41, 5.74) is 1.88. The van der Waals surface area contributed by atoms with Crippen LogP contribution in [-0.2, 0) is 13.1 Å². The zero-order chi connectivity index (χ0) is 24.1. The molecule has 2 heterocycles. The molecule has 1 N–H and O–H groups in total. The average Bonchev–Trinajstić information content (AvgIpc) is 3.32. The minimum Gasteiger partial charge on any atom is -0.478 e. The molecule has 2 aromatic heterocycles. The summed E-state index contributed by atoms with van der Waals surface area (Å²) in [7, 11) is 0. The van der Waals surface area contributed by atoms with Crippen molar-refractivity contribution < 1.29 is 27.8 Å². The summed E-state index contributed by atoms with van der Waals surface area (Å²) in [6.07, 6.45) is -3.21. The molecule has 0 saturated carbocycles. The van der Waals surface area contributed by atoms with Crippen LogP contribution in [0.3, 0.4) is 0 Å². The van der Waals surface area contributed by atoms with Crippen molar-refractivity contribution in [2.75, 3.05) is 4.90 Å². The Hall–Kier alpha value is -3.63. The molecule has 0 aliphatic rings. The van der Waals surface area contributed by atoms with E-state index in [1.54, 1.807) is 47.9 Å². The molecule has 0 spiro atoms. The minimum atomic E-state index is -4.77. The Labute approximate surface area is 209 Å². The van der Waals surface area contributed by atoms with Crippen molar-refractivity contribution in [3.63, 3.8) is 0 Å². The largest absolute Gasteiger partial charge is 0.573 e. The Kier molecular flexibility index (Phi) is 8.31. The fraction of sp³-hybridized carbons (Fsp3) is 0.125. The highest BCUT2D eigenvalue weighted by molar-refractivity contribution is 7.09. The Morgan fingerprint density at radius 3 is 2.40 bits per heavy atom. The number of aromatic carboxylic acids is 1. The number of carboxylic acid groups (broad SMARTS) is 1. The van der Waals surface area contributed by atoms with Gasteiger partial charge in [0.15, 0.2) is 0 Å². The van der Waals surface area contributed by atoms with Gasteiger partial charge >= 0.3 is 12.3 Å². The van der Waals surface area contributed by atoms with Crippen LogP contribution < -0.4 is 9.64 Å². The second-order valence-electron chi connectivity index (χ2n) is 7.21. The smallest absolute Gasteiger partial charge is 0.478 e. The van der Waals surface area contributed by atoms with Crippen molar-refractivity contribution in [1.82, 2.24) is 9.97 Å². The predicted octanol–water partition coefficient (Wildman–Crippen LogP) is 6.43. The van der Waals surface area contributed by atoms with E-state index in [0.29, 0.717) is 29.3 Å². The van der Waals surface area contributed by atoms with Crippen LogP contribution in [0, 0.1) is 0 Å². The molecular formula is C24H19ClF3N3O3S.